The molecule has 0 bridgehead atoms. The van der Waals surface area contributed by atoms with Gasteiger partial charge in [-0.25, -0.2) is 0 Å². The average molecular weight is 389 g/mol. The maximum Gasteiger partial charge on any atom is 0.266 e. The lowest BCUT2D eigenvalue weighted by Gasteiger charge is -2.33. The SMILES string of the molecule is COCCNC(=O)c1cccc(OC2CCN(C(=O)C3CC(C)=NO3)CC2)c1. The van der Waals surface area contributed by atoms with E-state index in [9.17, 15) is 9.59 Å². The predicted octanol–water partition coefficient (Wildman–Crippen LogP) is 1.60. The number of ether oxygens (including phenoxy) is 2. The van der Waals surface area contributed by atoms with E-state index in [-0.39, 0.29) is 17.9 Å². The molecule has 3 rings (SSSR count). The van der Waals surface area contributed by atoms with Crippen LogP contribution in [0.5, 0.6) is 5.75 Å². The van der Waals surface area contributed by atoms with Crippen molar-refractivity contribution in [2.45, 2.75) is 38.4 Å². The van der Waals surface area contributed by atoms with Gasteiger partial charge in [-0.1, -0.05) is 11.2 Å². The third-order valence-corrected chi connectivity index (χ3v) is 4.84. The number of nitrogens with one attached hydrogen (secondary N) is 1. The van der Waals surface area contributed by atoms with Crippen LogP contribution in [-0.2, 0) is 14.4 Å². The van der Waals surface area contributed by atoms with Gasteiger partial charge in [0.15, 0.2) is 0 Å². The fourth-order valence-corrected chi connectivity index (χ4v) is 3.30. The Hall–Kier alpha value is -2.61. The molecule has 0 aliphatic carbocycles. The number of amides is 2. The fourth-order valence-electron chi connectivity index (χ4n) is 3.30. The maximum atomic E-state index is 12.5. The molecule has 0 radical (unpaired) electrons. The minimum Gasteiger partial charge on any atom is -0.490 e. The molecule has 2 aliphatic heterocycles. The summed E-state index contributed by atoms with van der Waals surface area (Å²) in [5.74, 6) is 0.498. The van der Waals surface area contributed by atoms with Gasteiger partial charge in [0, 0.05) is 51.6 Å². The Kier molecular flexibility index (Phi) is 6.86. The first-order chi connectivity index (χ1) is 13.6. The van der Waals surface area contributed by atoms with Crippen LogP contribution in [0.2, 0.25) is 0 Å². The van der Waals surface area contributed by atoms with Crippen LogP contribution < -0.4 is 10.1 Å². The Morgan fingerprint density at radius 2 is 2.11 bits per heavy atom. The van der Waals surface area contributed by atoms with E-state index in [0.717, 1.165) is 18.6 Å². The maximum absolute atomic E-state index is 12.5. The van der Waals surface area contributed by atoms with Gasteiger partial charge in [0.25, 0.3) is 11.8 Å². The number of oxime groups is 1. The van der Waals surface area contributed by atoms with Crippen molar-refractivity contribution in [2.75, 3.05) is 33.4 Å². The first-order valence-corrected chi connectivity index (χ1v) is 9.58. The van der Waals surface area contributed by atoms with Crippen molar-refractivity contribution < 1.29 is 23.9 Å². The molecule has 2 heterocycles. The third-order valence-electron chi connectivity index (χ3n) is 4.84. The topological polar surface area (TPSA) is 89.5 Å². The Morgan fingerprint density at radius 1 is 1.32 bits per heavy atom. The second kappa shape index (κ2) is 9.54. The molecule has 0 saturated carbocycles. The van der Waals surface area contributed by atoms with E-state index in [0.29, 0.717) is 44.0 Å². The van der Waals surface area contributed by atoms with Crippen molar-refractivity contribution in [3.63, 3.8) is 0 Å². The summed E-state index contributed by atoms with van der Waals surface area (Å²) in [5, 5.41) is 6.65. The minimum absolute atomic E-state index is 0.00576. The third kappa shape index (κ3) is 5.22. The molecule has 0 spiro atoms. The van der Waals surface area contributed by atoms with E-state index < -0.39 is 6.10 Å². The van der Waals surface area contributed by atoms with Crippen molar-refractivity contribution in [1.82, 2.24) is 10.2 Å². The van der Waals surface area contributed by atoms with Gasteiger partial charge in [0.2, 0.25) is 6.10 Å². The Labute approximate surface area is 164 Å². The highest BCUT2D eigenvalue weighted by Crippen LogP contribution is 2.22. The van der Waals surface area contributed by atoms with E-state index >= 15 is 0 Å². The molecule has 1 unspecified atom stereocenters. The summed E-state index contributed by atoms with van der Waals surface area (Å²) in [7, 11) is 1.59. The quantitative estimate of drug-likeness (QED) is 0.716. The molecule has 152 valence electrons. The second-order valence-electron chi connectivity index (χ2n) is 7.04. The van der Waals surface area contributed by atoms with Crippen molar-refractivity contribution >= 4 is 17.5 Å². The molecule has 1 fully saturated rings. The lowest BCUT2D eigenvalue weighted by atomic mass is 10.1. The van der Waals surface area contributed by atoms with Crippen LogP contribution in [0.1, 0.15) is 36.5 Å². The van der Waals surface area contributed by atoms with Gasteiger partial charge in [-0.3, -0.25) is 9.59 Å². The first-order valence-electron chi connectivity index (χ1n) is 9.58. The Balaban J connectivity index is 1.47. The number of rotatable bonds is 7. The Morgan fingerprint density at radius 3 is 2.79 bits per heavy atom. The summed E-state index contributed by atoms with van der Waals surface area (Å²) in [4.78, 5) is 31.6. The fraction of sp³-hybridized carbons (Fsp3) is 0.550. The molecule has 1 N–H and O–H groups in total. The molecule has 28 heavy (non-hydrogen) atoms. The summed E-state index contributed by atoms with van der Waals surface area (Å²) in [6, 6.07) is 7.14. The van der Waals surface area contributed by atoms with Gasteiger partial charge >= 0.3 is 0 Å². The van der Waals surface area contributed by atoms with Crippen LogP contribution in [0.4, 0.5) is 0 Å². The van der Waals surface area contributed by atoms with E-state index in [1.807, 2.05) is 17.9 Å². The zero-order chi connectivity index (χ0) is 19.9. The van der Waals surface area contributed by atoms with Crippen LogP contribution in [0.15, 0.2) is 29.4 Å². The summed E-state index contributed by atoms with van der Waals surface area (Å²) >= 11 is 0. The molecule has 2 aliphatic rings. The van der Waals surface area contributed by atoms with Gasteiger partial charge in [-0.05, 0) is 25.1 Å². The summed E-state index contributed by atoms with van der Waals surface area (Å²) in [6.07, 6.45) is 1.57. The number of nitrogens with zero attached hydrogens (tertiary/aromatic N) is 2. The molecule has 8 nitrogen and oxygen atoms in total. The van der Waals surface area contributed by atoms with E-state index in [1.165, 1.54) is 0 Å². The molecular weight excluding hydrogens is 362 g/mol. The smallest absolute Gasteiger partial charge is 0.266 e. The largest absolute Gasteiger partial charge is 0.490 e. The van der Waals surface area contributed by atoms with Gasteiger partial charge in [0.05, 0.1) is 12.3 Å². The van der Waals surface area contributed by atoms with Crippen LogP contribution >= 0.6 is 0 Å². The molecule has 8 heteroatoms. The molecule has 1 aromatic carbocycles. The number of piperidine rings is 1. The molecule has 1 atom stereocenters. The lowest BCUT2D eigenvalue weighted by molar-refractivity contribution is -0.143. The molecule has 1 aromatic rings. The van der Waals surface area contributed by atoms with Crippen LogP contribution in [-0.4, -0.2) is 68.0 Å². The van der Waals surface area contributed by atoms with E-state index in [4.69, 9.17) is 14.3 Å². The van der Waals surface area contributed by atoms with Crippen LogP contribution in [0.25, 0.3) is 0 Å². The van der Waals surface area contributed by atoms with E-state index in [2.05, 4.69) is 10.5 Å². The predicted molar refractivity (Wildman–Crippen MR) is 103 cm³/mol. The lowest BCUT2D eigenvalue weighted by Crippen LogP contribution is -2.46. The van der Waals surface area contributed by atoms with Crippen molar-refractivity contribution in [3.8, 4) is 5.75 Å². The molecule has 2 amide bonds. The molecule has 0 aromatic heterocycles. The second-order valence-corrected chi connectivity index (χ2v) is 7.04. The number of benzene rings is 1. The van der Waals surface area contributed by atoms with Crippen molar-refractivity contribution in [2.24, 2.45) is 5.16 Å². The monoisotopic (exact) mass is 389 g/mol. The summed E-state index contributed by atoms with van der Waals surface area (Å²) in [5.41, 5.74) is 1.40. The highest BCUT2D eigenvalue weighted by molar-refractivity contribution is 5.94. The zero-order valence-electron chi connectivity index (χ0n) is 16.3. The molecule has 1 saturated heterocycles. The zero-order valence-corrected chi connectivity index (χ0v) is 16.3. The van der Waals surface area contributed by atoms with Gasteiger partial charge in [0.1, 0.15) is 11.9 Å². The van der Waals surface area contributed by atoms with Gasteiger partial charge in [-0.2, -0.15) is 0 Å². The number of methoxy groups -OCH3 is 1. The minimum atomic E-state index is -0.481. The average Bonchev–Trinajstić information content (AvgIpc) is 3.15. The van der Waals surface area contributed by atoms with Crippen LogP contribution in [0, 0.1) is 0 Å². The summed E-state index contributed by atoms with van der Waals surface area (Å²) < 4.78 is 11.0. The number of carbonyl (C=O) groups excluding carboxylic acids is 2. The summed E-state index contributed by atoms with van der Waals surface area (Å²) in [6.45, 7) is 4.04. The highest BCUT2D eigenvalue weighted by atomic mass is 16.6. The first kappa shape index (κ1) is 20.1. The normalized spacial score (nSPS) is 19.7. The number of carbonyl (C=O) groups is 2. The van der Waals surface area contributed by atoms with Crippen molar-refractivity contribution in [3.05, 3.63) is 29.8 Å². The Bertz CT molecular complexity index is 728. The van der Waals surface area contributed by atoms with Gasteiger partial charge < -0.3 is 24.5 Å². The van der Waals surface area contributed by atoms with Gasteiger partial charge in [-0.15, -0.1) is 0 Å². The number of hydrogen-bond donors (Lipinski definition) is 1. The van der Waals surface area contributed by atoms with E-state index in [1.54, 1.807) is 25.3 Å². The number of likely N-dealkylation sites (tertiary alicyclic amines) is 1. The van der Waals surface area contributed by atoms with Crippen molar-refractivity contribution in [1.29, 1.82) is 0 Å². The highest BCUT2D eigenvalue weighted by Gasteiger charge is 2.33. The number of hydrogen-bond acceptors (Lipinski definition) is 6. The molecular formula is C20H27N3O5. The van der Waals surface area contributed by atoms with Crippen LogP contribution in [0.3, 0.4) is 0 Å². The standard InChI is InChI=1S/C20H27N3O5/c1-14-12-18(28-22-14)20(25)23-9-6-16(7-10-23)27-17-5-3-4-15(13-17)19(24)21-8-11-26-2/h3-5,13,16,18H,6-12H2,1-2H3,(H,21,24).